The Balaban J connectivity index is 1.57. The molecule has 0 aliphatic carbocycles. The van der Waals surface area contributed by atoms with Crippen LogP contribution in [0.25, 0.3) is 0 Å². The fourth-order valence-electron chi connectivity index (χ4n) is 3.81. The Hall–Kier alpha value is -2.22. The minimum absolute atomic E-state index is 0.0372. The molecule has 0 spiro atoms. The largest absolute Gasteiger partial charge is 0.337 e. The van der Waals surface area contributed by atoms with Crippen molar-refractivity contribution in [2.24, 2.45) is 0 Å². The topological polar surface area (TPSA) is 69.7 Å². The molecule has 0 saturated carbocycles. The highest BCUT2D eigenvalue weighted by Crippen LogP contribution is 2.13. The molecule has 0 radical (unpaired) electrons. The second-order valence-electron chi connectivity index (χ2n) is 7.98. The average Bonchev–Trinajstić information content (AvgIpc) is 2.73. The van der Waals surface area contributed by atoms with Gasteiger partial charge in [0.1, 0.15) is 0 Å². The Morgan fingerprint density at radius 2 is 1.57 bits per heavy atom. The van der Waals surface area contributed by atoms with E-state index in [2.05, 4.69) is 21.8 Å². The minimum Gasteiger partial charge on any atom is -0.337 e. The molecule has 1 aliphatic rings. The first-order valence-electron chi connectivity index (χ1n) is 10.4. The van der Waals surface area contributed by atoms with E-state index in [1.807, 2.05) is 53.4 Å². The summed E-state index contributed by atoms with van der Waals surface area (Å²) in [7, 11) is -3.19. The number of rotatable bonds is 9. The maximum Gasteiger partial charge on any atom is 0.237 e. The maximum absolute atomic E-state index is 13.1. The van der Waals surface area contributed by atoms with Crippen LogP contribution in [0, 0.1) is 0 Å². The summed E-state index contributed by atoms with van der Waals surface area (Å²) < 4.78 is 25.5. The second-order valence-corrected chi connectivity index (χ2v) is 9.76. The summed E-state index contributed by atoms with van der Waals surface area (Å²) in [6.07, 6.45) is 3.46. The number of likely N-dealkylation sites (tertiary alicyclic amines) is 1. The van der Waals surface area contributed by atoms with Gasteiger partial charge in [0, 0.05) is 32.2 Å². The lowest BCUT2D eigenvalue weighted by atomic mass is 10.1. The molecule has 0 aromatic heterocycles. The van der Waals surface area contributed by atoms with Gasteiger partial charge in [-0.3, -0.25) is 9.69 Å². The molecule has 6 nitrogen and oxygen atoms in total. The Morgan fingerprint density at radius 1 is 1.00 bits per heavy atom. The highest BCUT2D eigenvalue weighted by molar-refractivity contribution is 7.88. The molecule has 1 saturated heterocycles. The number of hydrogen-bond donors (Lipinski definition) is 1. The van der Waals surface area contributed by atoms with E-state index in [-0.39, 0.29) is 11.9 Å². The van der Waals surface area contributed by atoms with Crippen LogP contribution in [-0.4, -0.2) is 62.6 Å². The van der Waals surface area contributed by atoms with Crippen molar-refractivity contribution in [1.82, 2.24) is 14.5 Å². The van der Waals surface area contributed by atoms with Crippen LogP contribution in [0.15, 0.2) is 60.7 Å². The van der Waals surface area contributed by atoms with E-state index in [0.717, 1.165) is 37.9 Å². The van der Waals surface area contributed by atoms with Gasteiger partial charge in [0.25, 0.3) is 0 Å². The number of carbonyl (C=O) groups excluding carboxylic acids is 1. The van der Waals surface area contributed by atoms with Crippen LogP contribution in [-0.2, 0) is 27.8 Å². The monoisotopic (exact) mass is 429 g/mol. The molecule has 1 heterocycles. The third-order valence-electron chi connectivity index (χ3n) is 5.41. The normalized spacial score (nSPS) is 15.8. The molecule has 7 heteroatoms. The van der Waals surface area contributed by atoms with Crippen molar-refractivity contribution in [1.29, 1.82) is 0 Å². The van der Waals surface area contributed by atoms with Crippen molar-refractivity contribution in [2.45, 2.75) is 31.8 Å². The molecule has 0 atom stereocenters. The quantitative estimate of drug-likeness (QED) is 0.664. The summed E-state index contributed by atoms with van der Waals surface area (Å²) in [5, 5.41) is 0. The molecule has 3 rings (SSSR count). The first kappa shape index (κ1) is 22.5. The van der Waals surface area contributed by atoms with Gasteiger partial charge in [-0.25, -0.2) is 13.1 Å². The van der Waals surface area contributed by atoms with Crippen molar-refractivity contribution in [3.63, 3.8) is 0 Å². The van der Waals surface area contributed by atoms with Crippen LogP contribution in [0.4, 0.5) is 0 Å². The van der Waals surface area contributed by atoms with Gasteiger partial charge in [0.05, 0.1) is 12.8 Å². The lowest BCUT2D eigenvalue weighted by Crippen LogP contribution is -2.48. The van der Waals surface area contributed by atoms with Crippen molar-refractivity contribution < 1.29 is 13.2 Å². The maximum atomic E-state index is 13.1. The number of nitrogens with one attached hydrogen (secondary N) is 1. The molecular formula is C23H31N3O3S. The van der Waals surface area contributed by atoms with Gasteiger partial charge < -0.3 is 4.90 Å². The van der Waals surface area contributed by atoms with Crippen molar-refractivity contribution in [3.8, 4) is 0 Å². The number of hydrogen-bond acceptors (Lipinski definition) is 4. The first-order chi connectivity index (χ1) is 14.4. The fourth-order valence-corrected chi connectivity index (χ4v) is 4.65. The third kappa shape index (κ3) is 7.55. The third-order valence-corrected chi connectivity index (χ3v) is 6.17. The van der Waals surface area contributed by atoms with Crippen LogP contribution in [0.5, 0.6) is 0 Å². The number of nitrogens with zero attached hydrogens (tertiary/aromatic N) is 2. The predicted octanol–water partition coefficient (Wildman–Crippen LogP) is 2.27. The van der Waals surface area contributed by atoms with Crippen LogP contribution < -0.4 is 4.72 Å². The molecular weight excluding hydrogens is 398 g/mol. The highest BCUT2D eigenvalue weighted by atomic mass is 32.2. The van der Waals surface area contributed by atoms with Crippen LogP contribution in [0.1, 0.15) is 24.0 Å². The average molecular weight is 430 g/mol. The van der Waals surface area contributed by atoms with Gasteiger partial charge in [-0.2, -0.15) is 0 Å². The summed E-state index contributed by atoms with van der Waals surface area (Å²) in [4.78, 5) is 17.2. The number of carbonyl (C=O) groups is 1. The molecule has 1 amide bonds. The van der Waals surface area contributed by atoms with E-state index in [1.165, 1.54) is 11.8 Å². The Morgan fingerprint density at radius 3 is 2.13 bits per heavy atom. The summed E-state index contributed by atoms with van der Waals surface area (Å²) >= 11 is 0. The lowest BCUT2D eigenvalue weighted by molar-refractivity contribution is -0.133. The van der Waals surface area contributed by atoms with Gasteiger partial charge >= 0.3 is 0 Å². The number of amides is 1. The summed E-state index contributed by atoms with van der Waals surface area (Å²) in [6.45, 7) is 3.07. The van der Waals surface area contributed by atoms with Crippen LogP contribution >= 0.6 is 0 Å². The van der Waals surface area contributed by atoms with E-state index in [0.29, 0.717) is 19.6 Å². The van der Waals surface area contributed by atoms with Gasteiger partial charge in [0.15, 0.2) is 0 Å². The Labute approximate surface area is 179 Å². The number of sulfonamides is 1. The molecule has 2 aromatic carbocycles. The molecule has 0 unspecified atom stereocenters. The fraction of sp³-hybridized carbons (Fsp3) is 0.435. The number of piperidine rings is 1. The van der Waals surface area contributed by atoms with Crippen LogP contribution in [0.3, 0.4) is 0 Å². The zero-order chi connectivity index (χ0) is 21.4. The molecule has 0 bridgehead atoms. The van der Waals surface area contributed by atoms with Crippen molar-refractivity contribution in [3.05, 3.63) is 71.8 Å². The highest BCUT2D eigenvalue weighted by Gasteiger charge is 2.24. The standard InChI is InChI=1S/C23H31N3O3S/c1-30(28,29)24-22-13-15-25(16-14-22)19-23(27)26(18-21-10-6-3-7-11-21)17-12-20-8-4-2-5-9-20/h2-11,22,24H,12-19H2,1H3. The summed E-state index contributed by atoms with van der Waals surface area (Å²) in [6, 6.07) is 20.2. The van der Waals surface area contributed by atoms with E-state index >= 15 is 0 Å². The van der Waals surface area contributed by atoms with E-state index in [1.54, 1.807) is 0 Å². The molecule has 30 heavy (non-hydrogen) atoms. The van der Waals surface area contributed by atoms with Gasteiger partial charge in [-0.1, -0.05) is 60.7 Å². The first-order valence-corrected chi connectivity index (χ1v) is 12.3. The second kappa shape index (κ2) is 10.7. The van der Waals surface area contributed by atoms with Crippen molar-refractivity contribution >= 4 is 15.9 Å². The predicted molar refractivity (Wildman–Crippen MR) is 119 cm³/mol. The SMILES string of the molecule is CS(=O)(=O)NC1CCN(CC(=O)N(CCc2ccccc2)Cc2ccccc2)CC1. The van der Waals surface area contributed by atoms with E-state index in [9.17, 15) is 13.2 Å². The van der Waals surface area contributed by atoms with E-state index < -0.39 is 10.0 Å². The van der Waals surface area contributed by atoms with Crippen LogP contribution in [0.2, 0.25) is 0 Å². The smallest absolute Gasteiger partial charge is 0.237 e. The zero-order valence-corrected chi connectivity index (χ0v) is 18.4. The molecule has 162 valence electrons. The zero-order valence-electron chi connectivity index (χ0n) is 17.5. The lowest BCUT2D eigenvalue weighted by Gasteiger charge is -2.33. The Kier molecular flexibility index (Phi) is 8.01. The molecule has 1 aliphatic heterocycles. The molecule has 1 fully saturated rings. The van der Waals surface area contributed by atoms with Gasteiger partial charge in [-0.15, -0.1) is 0 Å². The molecule has 1 N–H and O–H groups in total. The summed E-state index contributed by atoms with van der Waals surface area (Å²) in [5.74, 6) is 0.115. The minimum atomic E-state index is -3.19. The van der Waals surface area contributed by atoms with Crippen molar-refractivity contribution in [2.75, 3.05) is 32.4 Å². The molecule has 2 aromatic rings. The Bertz CT molecular complexity index is 896. The van der Waals surface area contributed by atoms with Gasteiger partial charge in [-0.05, 0) is 30.4 Å². The summed E-state index contributed by atoms with van der Waals surface area (Å²) in [5.41, 5.74) is 2.34. The van der Waals surface area contributed by atoms with E-state index in [4.69, 9.17) is 0 Å². The number of benzene rings is 2. The van der Waals surface area contributed by atoms with Gasteiger partial charge in [0.2, 0.25) is 15.9 Å².